The van der Waals surface area contributed by atoms with Crippen molar-refractivity contribution in [3.8, 4) is 23.3 Å². The first-order chi connectivity index (χ1) is 16.4. The molecule has 9 nitrogen and oxygen atoms in total. The first kappa shape index (κ1) is 23.8. The van der Waals surface area contributed by atoms with E-state index in [1.165, 1.54) is 32.4 Å². The van der Waals surface area contributed by atoms with Crippen LogP contribution < -0.4 is 19.5 Å². The van der Waals surface area contributed by atoms with Gasteiger partial charge in [0.25, 0.3) is 11.6 Å². The van der Waals surface area contributed by atoms with Gasteiger partial charge in [0.1, 0.15) is 24.0 Å². The van der Waals surface area contributed by atoms with Crippen LogP contribution in [0, 0.1) is 21.4 Å². The van der Waals surface area contributed by atoms with Gasteiger partial charge in [-0.2, -0.15) is 5.26 Å². The Kier molecular flexibility index (Phi) is 7.81. The van der Waals surface area contributed by atoms with Crippen LogP contribution in [0.3, 0.4) is 0 Å². The highest BCUT2D eigenvalue weighted by Gasteiger charge is 2.12. The first-order valence-corrected chi connectivity index (χ1v) is 10.0. The molecule has 3 aromatic rings. The molecule has 0 aliphatic rings. The summed E-state index contributed by atoms with van der Waals surface area (Å²) in [6.45, 7) is 0.177. The Morgan fingerprint density at radius 1 is 1.06 bits per heavy atom. The molecule has 0 atom stereocenters. The molecule has 0 aliphatic heterocycles. The fourth-order valence-corrected chi connectivity index (χ4v) is 2.98. The van der Waals surface area contributed by atoms with E-state index in [0.29, 0.717) is 28.5 Å². The number of hydrogen-bond acceptors (Lipinski definition) is 7. The van der Waals surface area contributed by atoms with Crippen LogP contribution in [0.25, 0.3) is 6.08 Å². The number of non-ortho nitro benzene ring substituents is 1. The van der Waals surface area contributed by atoms with Crippen LogP contribution in [-0.4, -0.2) is 25.1 Å². The van der Waals surface area contributed by atoms with Crippen LogP contribution in [0.2, 0.25) is 0 Å². The number of carbonyl (C=O) groups excluding carboxylic acids is 1. The minimum atomic E-state index is -0.562. The smallest absolute Gasteiger partial charge is 0.269 e. The van der Waals surface area contributed by atoms with E-state index in [4.69, 9.17) is 14.2 Å². The molecular weight excluding hydrogens is 438 g/mol. The van der Waals surface area contributed by atoms with Gasteiger partial charge in [0.15, 0.2) is 11.5 Å². The van der Waals surface area contributed by atoms with Crippen molar-refractivity contribution in [1.29, 1.82) is 5.26 Å². The average Bonchev–Trinajstić information content (AvgIpc) is 2.86. The SMILES string of the molecule is COc1cccc(NC(=O)/C(C#N)=C/c2ccc(OCc3ccc([N+](=O)[O-])cc3)c(OC)c2)c1. The van der Waals surface area contributed by atoms with Crippen LogP contribution in [0.4, 0.5) is 11.4 Å². The van der Waals surface area contributed by atoms with Crippen LogP contribution >= 0.6 is 0 Å². The predicted molar refractivity (Wildman–Crippen MR) is 126 cm³/mol. The van der Waals surface area contributed by atoms with E-state index in [1.54, 1.807) is 54.6 Å². The van der Waals surface area contributed by atoms with Crippen molar-refractivity contribution in [3.63, 3.8) is 0 Å². The van der Waals surface area contributed by atoms with E-state index in [-0.39, 0.29) is 17.9 Å². The second-order valence-corrected chi connectivity index (χ2v) is 6.98. The monoisotopic (exact) mass is 459 g/mol. The third kappa shape index (κ3) is 6.11. The lowest BCUT2D eigenvalue weighted by Gasteiger charge is -2.12. The number of carbonyl (C=O) groups is 1. The zero-order valence-corrected chi connectivity index (χ0v) is 18.5. The molecule has 0 heterocycles. The third-order valence-electron chi connectivity index (χ3n) is 4.73. The first-order valence-electron chi connectivity index (χ1n) is 10.0. The molecule has 0 fully saturated rings. The summed E-state index contributed by atoms with van der Waals surface area (Å²) in [6, 6.07) is 19.7. The van der Waals surface area contributed by atoms with E-state index >= 15 is 0 Å². The minimum Gasteiger partial charge on any atom is -0.497 e. The minimum absolute atomic E-state index is 0.00112. The van der Waals surface area contributed by atoms with Crippen molar-refractivity contribution in [3.05, 3.63) is 93.5 Å². The highest BCUT2D eigenvalue weighted by molar-refractivity contribution is 6.09. The number of hydrogen-bond donors (Lipinski definition) is 1. The largest absolute Gasteiger partial charge is 0.497 e. The maximum Gasteiger partial charge on any atom is 0.269 e. The fourth-order valence-electron chi connectivity index (χ4n) is 2.98. The molecule has 172 valence electrons. The van der Waals surface area contributed by atoms with E-state index in [2.05, 4.69) is 5.32 Å². The highest BCUT2D eigenvalue weighted by atomic mass is 16.6. The summed E-state index contributed by atoms with van der Waals surface area (Å²) in [5, 5.41) is 22.9. The van der Waals surface area contributed by atoms with Gasteiger partial charge >= 0.3 is 0 Å². The second-order valence-electron chi connectivity index (χ2n) is 6.98. The lowest BCUT2D eigenvalue weighted by atomic mass is 10.1. The summed E-state index contributed by atoms with van der Waals surface area (Å²) >= 11 is 0. The van der Waals surface area contributed by atoms with Crippen molar-refractivity contribution in [1.82, 2.24) is 0 Å². The van der Waals surface area contributed by atoms with Gasteiger partial charge in [0.05, 0.1) is 19.1 Å². The van der Waals surface area contributed by atoms with Crippen molar-refractivity contribution in [2.24, 2.45) is 0 Å². The van der Waals surface area contributed by atoms with E-state index in [1.807, 2.05) is 6.07 Å². The molecule has 9 heteroatoms. The number of methoxy groups -OCH3 is 2. The molecule has 1 N–H and O–H groups in total. The molecular formula is C25H21N3O6. The second kappa shape index (κ2) is 11.2. The van der Waals surface area contributed by atoms with Gasteiger partial charge in [-0.3, -0.25) is 14.9 Å². The Hall–Kier alpha value is -4.84. The number of nitrogens with one attached hydrogen (secondary N) is 1. The summed E-state index contributed by atoms with van der Waals surface area (Å²) in [5.74, 6) is 0.862. The Morgan fingerprint density at radius 3 is 2.47 bits per heavy atom. The number of anilines is 1. The number of nitro groups is 1. The van der Waals surface area contributed by atoms with Crippen molar-refractivity contribution in [2.45, 2.75) is 6.61 Å². The van der Waals surface area contributed by atoms with Crippen LogP contribution in [-0.2, 0) is 11.4 Å². The Morgan fingerprint density at radius 2 is 1.82 bits per heavy atom. The van der Waals surface area contributed by atoms with E-state index < -0.39 is 10.8 Å². The van der Waals surface area contributed by atoms with Gasteiger partial charge in [-0.25, -0.2) is 0 Å². The molecule has 3 rings (SSSR count). The molecule has 34 heavy (non-hydrogen) atoms. The number of nitro benzene ring substituents is 1. The summed E-state index contributed by atoms with van der Waals surface area (Å²) < 4.78 is 16.3. The van der Waals surface area contributed by atoms with Crippen molar-refractivity contribution < 1.29 is 23.9 Å². The lowest BCUT2D eigenvalue weighted by Crippen LogP contribution is -2.13. The fraction of sp³-hybridized carbons (Fsp3) is 0.120. The van der Waals surface area contributed by atoms with E-state index in [9.17, 15) is 20.2 Å². The average molecular weight is 459 g/mol. The molecule has 0 saturated carbocycles. The Balaban J connectivity index is 1.72. The number of ether oxygens (including phenoxy) is 3. The van der Waals surface area contributed by atoms with Crippen LogP contribution in [0.1, 0.15) is 11.1 Å². The maximum absolute atomic E-state index is 12.6. The lowest BCUT2D eigenvalue weighted by molar-refractivity contribution is -0.384. The molecule has 0 aromatic heterocycles. The van der Waals surface area contributed by atoms with Gasteiger partial charge in [-0.1, -0.05) is 12.1 Å². The molecule has 0 spiro atoms. The number of amides is 1. The normalized spacial score (nSPS) is 10.7. The molecule has 0 saturated heterocycles. The maximum atomic E-state index is 12.6. The van der Waals surface area contributed by atoms with Crippen LogP contribution in [0.5, 0.6) is 17.2 Å². The molecule has 0 aliphatic carbocycles. The zero-order chi connectivity index (χ0) is 24.5. The predicted octanol–water partition coefficient (Wildman–Crippen LogP) is 4.74. The standard InChI is InChI=1S/C25H21N3O6/c1-32-22-5-3-4-20(14-22)27-25(29)19(15-26)12-18-8-11-23(24(13-18)33-2)34-16-17-6-9-21(10-7-17)28(30)31/h3-14H,16H2,1-2H3,(H,27,29)/b19-12+. The van der Waals surface area contributed by atoms with Gasteiger partial charge in [0, 0.05) is 23.9 Å². The summed E-state index contributed by atoms with van der Waals surface area (Å²) in [7, 11) is 3.00. The molecule has 1 amide bonds. The highest BCUT2D eigenvalue weighted by Crippen LogP contribution is 2.30. The van der Waals surface area contributed by atoms with Gasteiger partial charge in [-0.05, 0) is 53.6 Å². The Labute approximate surface area is 196 Å². The van der Waals surface area contributed by atoms with Gasteiger partial charge in [-0.15, -0.1) is 0 Å². The van der Waals surface area contributed by atoms with Crippen molar-refractivity contribution in [2.75, 3.05) is 19.5 Å². The number of benzene rings is 3. The number of nitriles is 1. The van der Waals surface area contributed by atoms with Gasteiger partial charge < -0.3 is 19.5 Å². The summed E-state index contributed by atoms with van der Waals surface area (Å²) in [4.78, 5) is 22.9. The van der Waals surface area contributed by atoms with Gasteiger partial charge in [0.2, 0.25) is 0 Å². The van der Waals surface area contributed by atoms with E-state index in [0.717, 1.165) is 5.56 Å². The quantitative estimate of drug-likeness (QED) is 0.212. The molecule has 0 unspecified atom stereocenters. The molecule has 0 radical (unpaired) electrons. The summed E-state index contributed by atoms with van der Waals surface area (Å²) in [5.41, 5.74) is 1.72. The topological polar surface area (TPSA) is 124 Å². The third-order valence-corrected chi connectivity index (χ3v) is 4.73. The number of nitrogens with zero attached hydrogens (tertiary/aromatic N) is 2. The van der Waals surface area contributed by atoms with Crippen LogP contribution in [0.15, 0.2) is 72.3 Å². The number of rotatable bonds is 9. The summed E-state index contributed by atoms with van der Waals surface area (Å²) in [6.07, 6.45) is 1.44. The molecule has 3 aromatic carbocycles. The Bertz CT molecular complexity index is 1260. The molecule has 0 bridgehead atoms. The zero-order valence-electron chi connectivity index (χ0n) is 18.5. The van der Waals surface area contributed by atoms with Crippen molar-refractivity contribution >= 4 is 23.4 Å².